The molecule has 0 aromatic carbocycles. The molecule has 2 atom stereocenters. The molecule has 2 aromatic rings. The SMILES string of the molecule is C[C@@H]1CCCC[C@H]1NC(=O)C[NH+](Cc1cccs1)Cc1cccs1. The van der Waals surface area contributed by atoms with Gasteiger partial charge in [0.25, 0.3) is 5.91 Å². The number of amides is 1. The van der Waals surface area contributed by atoms with Crippen molar-refractivity contribution in [3.8, 4) is 0 Å². The monoisotopic (exact) mass is 363 g/mol. The molecule has 0 aliphatic heterocycles. The second kappa shape index (κ2) is 8.79. The zero-order chi connectivity index (χ0) is 16.8. The summed E-state index contributed by atoms with van der Waals surface area (Å²) in [5, 5.41) is 7.53. The average Bonchev–Trinajstić information content (AvgIpc) is 3.23. The number of nitrogens with one attached hydrogen (secondary N) is 2. The van der Waals surface area contributed by atoms with Crippen LogP contribution in [-0.4, -0.2) is 18.5 Å². The molecule has 1 amide bonds. The third-order valence-electron chi connectivity index (χ3n) is 4.88. The quantitative estimate of drug-likeness (QED) is 0.779. The first-order chi connectivity index (χ1) is 11.7. The van der Waals surface area contributed by atoms with Crippen LogP contribution < -0.4 is 10.2 Å². The number of thiophene rings is 2. The molecule has 1 saturated carbocycles. The van der Waals surface area contributed by atoms with Crippen molar-refractivity contribution < 1.29 is 9.69 Å². The van der Waals surface area contributed by atoms with Gasteiger partial charge in [0.05, 0.1) is 9.75 Å². The molecule has 0 bridgehead atoms. The fraction of sp³-hybridized carbons (Fsp3) is 0.526. The van der Waals surface area contributed by atoms with Crippen molar-refractivity contribution >= 4 is 28.6 Å². The molecule has 2 aromatic heterocycles. The van der Waals surface area contributed by atoms with Crippen molar-refractivity contribution in [3.63, 3.8) is 0 Å². The van der Waals surface area contributed by atoms with Crippen LogP contribution in [0.2, 0.25) is 0 Å². The van der Waals surface area contributed by atoms with Gasteiger partial charge in [-0.2, -0.15) is 0 Å². The van der Waals surface area contributed by atoms with E-state index in [-0.39, 0.29) is 5.91 Å². The van der Waals surface area contributed by atoms with Gasteiger partial charge in [-0.3, -0.25) is 4.79 Å². The lowest BCUT2D eigenvalue weighted by Crippen LogP contribution is -3.10. The van der Waals surface area contributed by atoms with Gasteiger partial charge in [0.1, 0.15) is 13.1 Å². The van der Waals surface area contributed by atoms with Crippen LogP contribution in [0.1, 0.15) is 42.4 Å². The summed E-state index contributed by atoms with van der Waals surface area (Å²) in [6.45, 7) is 4.66. The minimum absolute atomic E-state index is 0.205. The van der Waals surface area contributed by atoms with E-state index in [9.17, 15) is 4.79 Å². The zero-order valence-electron chi connectivity index (χ0n) is 14.3. The highest BCUT2D eigenvalue weighted by atomic mass is 32.1. The Labute approximate surface area is 152 Å². The van der Waals surface area contributed by atoms with Gasteiger partial charge in [0.2, 0.25) is 0 Å². The summed E-state index contributed by atoms with van der Waals surface area (Å²) in [6.07, 6.45) is 4.93. The van der Waals surface area contributed by atoms with Crippen LogP contribution >= 0.6 is 22.7 Å². The summed E-state index contributed by atoms with van der Waals surface area (Å²) in [5.74, 6) is 0.817. The van der Waals surface area contributed by atoms with Crippen LogP contribution in [-0.2, 0) is 17.9 Å². The number of carbonyl (C=O) groups is 1. The summed E-state index contributed by atoms with van der Waals surface area (Å²) >= 11 is 3.56. The van der Waals surface area contributed by atoms with Crippen LogP contribution in [0, 0.1) is 5.92 Å². The molecule has 130 valence electrons. The van der Waals surface area contributed by atoms with Crippen LogP contribution in [0.3, 0.4) is 0 Å². The van der Waals surface area contributed by atoms with E-state index in [2.05, 4.69) is 47.3 Å². The van der Waals surface area contributed by atoms with E-state index in [4.69, 9.17) is 0 Å². The minimum atomic E-state index is 0.205. The first-order valence-corrected chi connectivity index (χ1v) is 10.6. The maximum Gasteiger partial charge on any atom is 0.275 e. The Hall–Kier alpha value is -1.17. The molecule has 0 spiro atoms. The van der Waals surface area contributed by atoms with Crippen molar-refractivity contribution in [2.75, 3.05) is 6.54 Å². The van der Waals surface area contributed by atoms with Gasteiger partial charge in [0.15, 0.2) is 6.54 Å². The van der Waals surface area contributed by atoms with Gasteiger partial charge < -0.3 is 10.2 Å². The van der Waals surface area contributed by atoms with Gasteiger partial charge in [-0.15, -0.1) is 22.7 Å². The van der Waals surface area contributed by atoms with Crippen LogP contribution in [0.25, 0.3) is 0 Å². The van der Waals surface area contributed by atoms with Crippen molar-refractivity contribution in [2.24, 2.45) is 5.92 Å². The van der Waals surface area contributed by atoms with Crippen LogP contribution in [0.5, 0.6) is 0 Å². The van der Waals surface area contributed by atoms with Crippen molar-refractivity contribution in [1.82, 2.24) is 5.32 Å². The molecule has 1 fully saturated rings. The highest BCUT2D eigenvalue weighted by Gasteiger charge is 2.25. The Morgan fingerprint density at radius 1 is 1.12 bits per heavy atom. The summed E-state index contributed by atoms with van der Waals surface area (Å²) in [6, 6.07) is 8.88. The van der Waals surface area contributed by atoms with Gasteiger partial charge >= 0.3 is 0 Å². The lowest BCUT2D eigenvalue weighted by molar-refractivity contribution is -0.919. The maximum atomic E-state index is 12.6. The minimum Gasteiger partial charge on any atom is -0.348 e. The molecule has 2 heterocycles. The van der Waals surface area contributed by atoms with Crippen molar-refractivity contribution in [1.29, 1.82) is 0 Å². The van der Waals surface area contributed by atoms with E-state index in [0.29, 0.717) is 18.5 Å². The highest BCUT2D eigenvalue weighted by Crippen LogP contribution is 2.23. The first kappa shape index (κ1) is 17.6. The second-order valence-corrected chi connectivity index (χ2v) is 8.94. The number of carbonyl (C=O) groups excluding carboxylic acids is 1. The van der Waals surface area contributed by atoms with E-state index in [0.717, 1.165) is 19.5 Å². The largest absolute Gasteiger partial charge is 0.348 e. The fourth-order valence-corrected chi connectivity index (χ4v) is 5.08. The molecule has 1 aliphatic carbocycles. The van der Waals surface area contributed by atoms with Crippen molar-refractivity contribution in [3.05, 3.63) is 44.8 Å². The second-order valence-electron chi connectivity index (χ2n) is 6.87. The molecule has 24 heavy (non-hydrogen) atoms. The third-order valence-corrected chi connectivity index (χ3v) is 6.63. The molecular weight excluding hydrogens is 336 g/mol. The highest BCUT2D eigenvalue weighted by molar-refractivity contribution is 7.10. The molecule has 2 N–H and O–H groups in total. The summed E-state index contributed by atoms with van der Waals surface area (Å²) in [4.78, 5) is 16.6. The van der Waals surface area contributed by atoms with E-state index in [1.54, 1.807) is 22.7 Å². The van der Waals surface area contributed by atoms with Gasteiger partial charge in [-0.1, -0.05) is 31.9 Å². The van der Waals surface area contributed by atoms with E-state index in [1.807, 2.05) is 0 Å². The standard InChI is InChI=1S/C19H26N2OS2/c1-15-6-2-3-9-18(15)20-19(22)14-21(12-16-7-4-10-23-16)13-17-8-5-11-24-17/h4-5,7-8,10-11,15,18H,2-3,6,9,12-14H2,1H3,(H,20,22)/p+1/t15-,18-/m1/s1. The molecule has 5 heteroatoms. The number of rotatable bonds is 7. The summed E-state index contributed by atoms with van der Waals surface area (Å²) < 4.78 is 0. The molecule has 3 rings (SSSR count). The lowest BCUT2D eigenvalue weighted by atomic mass is 9.86. The normalized spacial score (nSPS) is 21.1. The summed E-state index contributed by atoms with van der Waals surface area (Å²) in [7, 11) is 0. The van der Waals surface area contributed by atoms with E-state index in [1.165, 1.54) is 33.9 Å². The Balaban J connectivity index is 1.58. The lowest BCUT2D eigenvalue weighted by Gasteiger charge is -2.30. The number of hydrogen-bond donors (Lipinski definition) is 2. The topological polar surface area (TPSA) is 33.5 Å². The van der Waals surface area contributed by atoms with E-state index >= 15 is 0 Å². The van der Waals surface area contributed by atoms with Crippen LogP contribution in [0.4, 0.5) is 0 Å². The Morgan fingerprint density at radius 3 is 2.29 bits per heavy atom. The van der Waals surface area contributed by atoms with Crippen LogP contribution in [0.15, 0.2) is 35.0 Å². The molecule has 0 unspecified atom stereocenters. The zero-order valence-corrected chi connectivity index (χ0v) is 15.9. The molecule has 0 saturated heterocycles. The Kier molecular flexibility index (Phi) is 6.46. The third kappa shape index (κ3) is 5.16. The van der Waals surface area contributed by atoms with Crippen molar-refractivity contribution in [2.45, 2.75) is 51.7 Å². The predicted octanol–water partition coefficient (Wildman–Crippen LogP) is 3.09. The molecule has 1 aliphatic rings. The fourth-order valence-electron chi connectivity index (χ4n) is 3.52. The van der Waals surface area contributed by atoms with E-state index < -0.39 is 0 Å². The van der Waals surface area contributed by atoms with Gasteiger partial charge in [-0.25, -0.2) is 0 Å². The van der Waals surface area contributed by atoms with Gasteiger partial charge in [-0.05, 0) is 41.7 Å². The predicted molar refractivity (Wildman–Crippen MR) is 101 cm³/mol. The Bertz CT molecular complexity index is 573. The molecule has 0 radical (unpaired) electrons. The Morgan fingerprint density at radius 2 is 1.75 bits per heavy atom. The molecular formula is C19H27N2OS2+. The smallest absolute Gasteiger partial charge is 0.275 e. The average molecular weight is 364 g/mol. The molecule has 3 nitrogen and oxygen atoms in total. The first-order valence-electron chi connectivity index (χ1n) is 8.88. The number of quaternary nitrogens is 1. The van der Waals surface area contributed by atoms with Gasteiger partial charge in [0, 0.05) is 6.04 Å². The maximum absolute atomic E-state index is 12.6. The number of hydrogen-bond acceptors (Lipinski definition) is 3. The summed E-state index contributed by atoms with van der Waals surface area (Å²) in [5.41, 5.74) is 0.